The van der Waals surface area contributed by atoms with Gasteiger partial charge in [0.15, 0.2) is 12.9 Å². The molecular weight excluding hydrogens is 380 g/mol. The molecule has 2 aromatic rings. The van der Waals surface area contributed by atoms with E-state index in [2.05, 4.69) is 9.97 Å². The van der Waals surface area contributed by atoms with Crippen LogP contribution in [0.25, 0.3) is 0 Å². The number of aromatic nitrogens is 2. The number of rotatable bonds is 9. The van der Waals surface area contributed by atoms with Gasteiger partial charge in [0.2, 0.25) is 11.8 Å². The molecule has 2 rings (SSSR count). The van der Waals surface area contributed by atoms with Crippen molar-refractivity contribution in [1.29, 1.82) is 0 Å². The van der Waals surface area contributed by atoms with Crippen LogP contribution < -0.4 is 9.47 Å². The van der Waals surface area contributed by atoms with Crippen LogP contribution in [0.15, 0.2) is 24.4 Å². The first kappa shape index (κ1) is 21.0. The van der Waals surface area contributed by atoms with Crippen LogP contribution in [-0.4, -0.2) is 48.3 Å². The van der Waals surface area contributed by atoms with Crippen molar-refractivity contribution >= 4 is 17.9 Å². The second kappa shape index (κ2) is 9.57. The zero-order chi connectivity index (χ0) is 20.0. The molecule has 0 aliphatic rings. The van der Waals surface area contributed by atoms with Crippen LogP contribution in [0.5, 0.6) is 11.8 Å². The summed E-state index contributed by atoms with van der Waals surface area (Å²) in [7, 11) is 3.29. The van der Waals surface area contributed by atoms with Crippen LogP contribution in [0.4, 0.5) is 8.78 Å². The second-order valence-electron chi connectivity index (χ2n) is 5.83. The molecule has 6 nitrogen and oxygen atoms in total. The zero-order valence-corrected chi connectivity index (χ0v) is 15.9. The molecule has 0 aromatic carbocycles. The van der Waals surface area contributed by atoms with Crippen molar-refractivity contribution in [2.24, 2.45) is 0 Å². The molecule has 2 aromatic heterocycles. The van der Waals surface area contributed by atoms with Gasteiger partial charge in [-0.2, -0.15) is 4.98 Å². The summed E-state index contributed by atoms with van der Waals surface area (Å²) in [6.07, 6.45) is -0.373. The molecule has 0 N–H and O–H groups in total. The first-order valence-electron chi connectivity index (χ1n) is 8.12. The summed E-state index contributed by atoms with van der Waals surface area (Å²) < 4.78 is 34.8. The molecule has 27 heavy (non-hydrogen) atoms. The molecule has 1 unspecified atom stereocenters. The van der Waals surface area contributed by atoms with Crippen LogP contribution in [0.1, 0.15) is 34.5 Å². The van der Waals surface area contributed by atoms with E-state index in [1.807, 2.05) is 18.9 Å². The Morgan fingerprint density at radius 3 is 2.70 bits per heavy atom. The van der Waals surface area contributed by atoms with Crippen LogP contribution in [-0.2, 0) is 6.54 Å². The van der Waals surface area contributed by atoms with Crippen LogP contribution in [0, 0.1) is 0 Å². The van der Waals surface area contributed by atoms with Gasteiger partial charge >= 0.3 is 0 Å². The monoisotopic (exact) mass is 399 g/mol. The molecule has 0 spiro atoms. The first-order chi connectivity index (χ1) is 12.9. The maximum atomic E-state index is 12.3. The zero-order valence-electron chi connectivity index (χ0n) is 15.2. The van der Waals surface area contributed by atoms with E-state index in [4.69, 9.17) is 21.1 Å². The van der Waals surface area contributed by atoms with E-state index < -0.39 is 13.0 Å². The number of hydrogen-bond donors (Lipinski definition) is 0. The average molecular weight is 400 g/mol. The van der Waals surface area contributed by atoms with Crippen molar-refractivity contribution in [2.75, 3.05) is 20.8 Å². The summed E-state index contributed by atoms with van der Waals surface area (Å²) in [4.78, 5) is 21.3. The number of aldehydes is 1. The number of alkyl halides is 2. The fourth-order valence-electron chi connectivity index (χ4n) is 2.52. The fraction of sp³-hybridized carbons (Fsp3) is 0.389. The molecule has 0 saturated heterocycles. The summed E-state index contributed by atoms with van der Waals surface area (Å²) in [6, 6.07) is 4.65. The van der Waals surface area contributed by atoms with Gasteiger partial charge in [-0.3, -0.25) is 9.69 Å². The van der Waals surface area contributed by atoms with E-state index in [1.54, 1.807) is 12.1 Å². The van der Waals surface area contributed by atoms with E-state index in [-0.39, 0.29) is 23.0 Å². The highest BCUT2D eigenvalue weighted by molar-refractivity contribution is 6.30. The van der Waals surface area contributed by atoms with Crippen molar-refractivity contribution in [3.8, 4) is 11.8 Å². The van der Waals surface area contributed by atoms with Crippen molar-refractivity contribution in [1.82, 2.24) is 14.9 Å². The number of carbonyl (C=O) groups is 1. The summed E-state index contributed by atoms with van der Waals surface area (Å²) >= 11 is 6.13. The standard InChI is InChI=1S/C18H20ClF2N3O3/c1-11(24(2)8-14-12(9-25)6-7-22-17(14)19)13-4-5-16(23-18(13)26-3)27-10-15(20)21/h4-7,9,11,15H,8,10H2,1-3H3. The second-order valence-corrected chi connectivity index (χ2v) is 6.19. The topological polar surface area (TPSA) is 64.6 Å². The van der Waals surface area contributed by atoms with Crippen molar-refractivity contribution in [3.63, 3.8) is 0 Å². The molecule has 0 bridgehead atoms. The molecule has 0 amide bonds. The smallest absolute Gasteiger partial charge is 0.272 e. The Kier molecular flexibility index (Phi) is 7.44. The number of carbonyl (C=O) groups excluding carboxylic acids is 1. The molecule has 0 saturated carbocycles. The lowest BCUT2D eigenvalue weighted by Gasteiger charge is -2.26. The third kappa shape index (κ3) is 5.33. The molecule has 0 radical (unpaired) electrons. The van der Waals surface area contributed by atoms with E-state index in [1.165, 1.54) is 19.4 Å². The van der Waals surface area contributed by atoms with Crippen molar-refractivity contribution in [3.05, 3.63) is 46.2 Å². The first-order valence-corrected chi connectivity index (χ1v) is 8.49. The molecule has 9 heteroatoms. The lowest BCUT2D eigenvalue weighted by molar-refractivity contribution is 0.0791. The highest BCUT2D eigenvalue weighted by atomic mass is 35.5. The summed E-state index contributed by atoms with van der Waals surface area (Å²) in [6.45, 7) is 1.55. The number of hydrogen-bond acceptors (Lipinski definition) is 6. The van der Waals surface area contributed by atoms with E-state index >= 15 is 0 Å². The number of nitrogens with zero attached hydrogens (tertiary/aromatic N) is 3. The van der Waals surface area contributed by atoms with E-state index in [0.717, 1.165) is 11.8 Å². The van der Waals surface area contributed by atoms with Gasteiger partial charge in [0.25, 0.3) is 6.43 Å². The maximum absolute atomic E-state index is 12.3. The third-order valence-electron chi connectivity index (χ3n) is 4.10. The Morgan fingerprint density at radius 2 is 2.07 bits per heavy atom. The van der Waals surface area contributed by atoms with Gasteiger partial charge in [-0.1, -0.05) is 11.6 Å². The lowest BCUT2D eigenvalue weighted by atomic mass is 10.1. The maximum Gasteiger partial charge on any atom is 0.272 e. The highest BCUT2D eigenvalue weighted by Crippen LogP contribution is 2.31. The molecule has 0 aliphatic carbocycles. The minimum Gasteiger partial charge on any atom is -0.481 e. The summed E-state index contributed by atoms with van der Waals surface area (Å²) in [5.74, 6) is 0.332. The largest absolute Gasteiger partial charge is 0.481 e. The molecule has 2 heterocycles. The summed E-state index contributed by atoms with van der Waals surface area (Å²) in [5.41, 5.74) is 1.82. The predicted molar refractivity (Wildman–Crippen MR) is 96.8 cm³/mol. The van der Waals surface area contributed by atoms with Gasteiger partial charge in [-0.15, -0.1) is 0 Å². The van der Waals surface area contributed by atoms with Crippen LogP contribution in [0.2, 0.25) is 5.15 Å². The molecular formula is C18H20ClF2N3O3. The van der Waals surface area contributed by atoms with Gasteiger partial charge in [-0.25, -0.2) is 13.8 Å². The third-order valence-corrected chi connectivity index (χ3v) is 4.43. The number of halogens is 3. The van der Waals surface area contributed by atoms with Crippen LogP contribution in [0.3, 0.4) is 0 Å². The average Bonchev–Trinajstić information content (AvgIpc) is 2.66. The van der Waals surface area contributed by atoms with Gasteiger partial charge < -0.3 is 9.47 Å². The minimum absolute atomic E-state index is 0.0595. The van der Waals surface area contributed by atoms with E-state index in [0.29, 0.717) is 17.7 Å². The Bertz CT molecular complexity index is 792. The van der Waals surface area contributed by atoms with Crippen LogP contribution >= 0.6 is 11.6 Å². The number of ether oxygens (including phenoxy) is 2. The lowest BCUT2D eigenvalue weighted by Crippen LogP contribution is -2.23. The van der Waals surface area contributed by atoms with Crippen molar-refractivity contribution < 1.29 is 23.0 Å². The minimum atomic E-state index is -2.58. The Balaban J connectivity index is 2.21. The van der Waals surface area contributed by atoms with Crippen molar-refractivity contribution in [2.45, 2.75) is 25.9 Å². The normalized spacial score (nSPS) is 12.3. The molecule has 146 valence electrons. The van der Waals surface area contributed by atoms with E-state index in [9.17, 15) is 13.6 Å². The fourth-order valence-corrected chi connectivity index (χ4v) is 2.74. The Labute approximate surface area is 161 Å². The molecule has 1 atom stereocenters. The van der Waals surface area contributed by atoms with Gasteiger partial charge in [-0.05, 0) is 26.1 Å². The van der Waals surface area contributed by atoms with Gasteiger partial charge in [0.05, 0.1) is 7.11 Å². The Morgan fingerprint density at radius 1 is 1.33 bits per heavy atom. The quantitative estimate of drug-likeness (QED) is 0.472. The SMILES string of the molecule is COc1nc(OCC(F)F)ccc1C(C)N(C)Cc1c(C=O)ccnc1Cl. The number of pyridine rings is 2. The molecule has 0 fully saturated rings. The van der Waals surface area contributed by atoms with Gasteiger partial charge in [0.1, 0.15) is 5.15 Å². The van der Waals surface area contributed by atoms with Gasteiger partial charge in [0, 0.05) is 41.5 Å². The highest BCUT2D eigenvalue weighted by Gasteiger charge is 2.20. The predicted octanol–water partition coefficient (Wildman–Crippen LogP) is 3.79. The number of methoxy groups -OCH3 is 1. The summed E-state index contributed by atoms with van der Waals surface area (Å²) in [5, 5.41) is 0.263. The molecule has 0 aliphatic heterocycles. The Hall–Kier alpha value is -2.32.